The number of rotatable bonds is 20. The molecule has 2 aliphatic rings. The molecule has 352 valence electrons. The van der Waals surface area contributed by atoms with E-state index < -0.39 is 87.2 Å². The van der Waals surface area contributed by atoms with Crippen LogP contribution in [0.4, 0.5) is 4.79 Å². The predicted octanol–water partition coefficient (Wildman–Crippen LogP) is 8.20. The summed E-state index contributed by atoms with van der Waals surface area (Å²) in [6, 6.07) is 13.4. The summed E-state index contributed by atoms with van der Waals surface area (Å²) in [5.74, 6) is 0. The van der Waals surface area contributed by atoms with Gasteiger partial charge in [-0.3, -0.25) is 9.97 Å². The molecule has 0 N–H and O–H groups in total. The van der Waals surface area contributed by atoms with Crippen LogP contribution in [0, 0.1) is 65.1 Å². The first-order chi connectivity index (χ1) is 31.1. The van der Waals surface area contributed by atoms with Gasteiger partial charge in [0.1, 0.15) is 25.4 Å². The maximum absolute atomic E-state index is 14.7. The maximum atomic E-state index is 14.7. The Hall–Kier alpha value is -6.69. The van der Waals surface area contributed by atoms with E-state index >= 15 is 0 Å². The van der Waals surface area contributed by atoms with Crippen LogP contribution in [0.2, 0.25) is 10.0 Å². The minimum absolute atomic E-state index is 0.0361. The summed E-state index contributed by atoms with van der Waals surface area (Å²) < 4.78 is 24.5. The second-order valence-electron chi connectivity index (χ2n) is 16.7. The van der Waals surface area contributed by atoms with Crippen LogP contribution in [0.15, 0.2) is 60.9 Å². The highest BCUT2D eigenvalue weighted by molar-refractivity contribution is 6.30. The van der Waals surface area contributed by atoms with Gasteiger partial charge in [0, 0.05) is 66.9 Å². The van der Waals surface area contributed by atoms with E-state index in [1.54, 1.807) is 48.5 Å². The van der Waals surface area contributed by atoms with Crippen molar-refractivity contribution >= 4 is 29.4 Å². The van der Waals surface area contributed by atoms with Crippen LogP contribution in [0.1, 0.15) is 108 Å². The number of carbonyl (C=O) groups excluding carboxylic acids is 1. The Morgan fingerprint density at radius 3 is 1.32 bits per heavy atom. The predicted molar refractivity (Wildman–Crippen MR) is 224 cm³/mol. The Kier molecular flexibility index (Phi) is 14.6. The number of aryl methyl sites for hydroxylation is 2. The van der Waals surface area contributed by atoms with Gasteiger partial charge in [-0.05, 0) is 60.4 Å². The molecule has 0 bridgehead atoms. The summed E-state index contributed by atoms with van der Waals surface area (Å²) in [6.45, 7) is 6.37. The van der Waals surface area contributed by atoms with Gasteiger partial charge < -0.3 is 38.3 Å². The molecular formula is C41H42Cl2N6O17. The molecule has 6 rings (SSSR count). The van der Waals surface area contributed by atoms with Crippen LogP contribution in [-0.4, -0.2) is 61.9 Å². The number of hydrogen-bond donors (Lipinski definition) is 0. The molecule has 4 aromatic rings. The van der Waals surface area contributed by atoms with Gasteiger partial charge in [-0.2, -0.15) is 0 Å². The zero-order valence-electron chi connectivity index (χ0n) is 35.9. The molecule has 0 amide bonds. The molecule has 23 nitrogen and oxygen atoms in total. The Bertz CT molecular complexity index is 2330. The molecule has 25 heteroatoms. The first-order valence-corrected chi connectivity index (χ1v) is 20.6. The molecule has 4 heterocycles. The van der Waals surface area contributed by atoms with Crippen molar-refractivity contribution in [2.75, 3.05) is 13.2 Å². The van der Waals surface area contributed by atoms with E-state index in [9.17, 15) is 45.3 Å². The monoisotopic (exact) mass is 960 g/mol. The number of aromatic nitrogens is 2. The molecule has 2 aromatic heterocycles. The van der Waals surface area contributed by atoms with Crippen molar-refractivity contribution in [3.63, 3.8) is 0 Å². The summed E-state index contributed by atoms with van der Waals surface area (Å²) in [6.07, 6.45) is -7.79. The van der Waals surface area contributed by atoms with E-state index in [1.165, 1.54) is 53.9 Å². The fourth-order valence-corrected chi connectivity index (χ4v) is 8.28. The van der Waals surface area contributed by atoms with Gasteiger partial charge in [0.15, 0.2) is 24.4 Å². The van der Waals surface area contributed by atoms with Gasteiger partial charge in [0.25, 0.3) is 20.3 Å². The lowest BCUT2D eigenvalue weighted by molar-refractivity contribution is -0.782. The molecule has 0 aliphatic carbocycles. The van der Waals surface area contributed by atoms with Crippen molar-refractivity contribution in [1.29, 1.82) is 0 Å². The molecular weight excluding hydrogens is 919 g/mol. The van der Waals surface area contributed by atoms with Crippen LogP contribution in [0.3, 0.4) is 0 Å². The number of nitrogens with zero attached hydrogens (tertiary/aromatic N) is 6. The Balaban J connectivity index is 1.52. The number of ether oxygens (including phenoxy) is 4. The third kappa shape index (κ3) is 10.9. The molecule has 0 spiro atoms. The highest BCUT2D eigenvalue weighted by Gasteiger charge is 2.49. The van der Waals surface area contributed by atoms with Crippen LogP contribution in [0.25, 0.3) is 0 Å². The van der Waals surface area contributed by atoms with Crippen molar-refractivity contribution in [3.8, 4) is 0 Å². The average Bonchev–Trinajstić information content (AvgIpc) is 3.87. The lowest BCUT2D eigenvalue weighted by Gasteiger charge is -2.39. The minimum atomic E-state index is -1.92. The fraction of sp³-hybridized carbons (Fsp3) is 0.439. The van der Waals surface area contributed by atoms with Gasteiger partial charge >= 0.3 is 6.16 Å². The molecule has 2 aromatic carbocycles. The molecule has 0 saturated heterocycles. The highest BCUT2D eigenvalue weighted by Crippen LogP contribution is 2.47. The fourth-order valence-electron chi connectivity index (χ4n) is 8.03. The van der Waals surface area contributed by atoms with Gasteiger partial charge in [0.2, 0.25) is 0 Å². The van der Waals surface area contributed by atoms with E-state index in [2.05, 4.69) is 19.6 Å². The molecule has 2 aliphatic heterocycles. The van der Waals surface area contributed by atoms with E-state index in [0.29, 0.717) is 43.4 Å². The standard InChI is InChI=1S/C41H42Cl2N6O17/c1-21-31(29-17-59-33(27(29)15-44-21)23-7-11-25(42)12-8-23)35(37(65-48(55)56)40(3,4)19-61-46(51)52)63-39(50)64-36(38(66-49(57)58)41(5,6)20-62-47(53)54)32-22(2)45-16-28-30(32)18-60-34(28)24-9-13-26(43)14-10-24/h7-16,33-38H,17-20H2,1-6H3. The lowest BCUT2D eigenvalue weighted by atomic mass is 9.80. The maximum Gasteiger partial charge on any atom is 0.509 e. The lowest BCUT2D eigenvalue weighted by Crippen LogP contribution is -2.46. The van der Waals surface area contributed by atoms with E-state index in [-0.39, 0.29) is 35.7 Å². The van der Waals surface area contributed by atoms with Crippen molar-refractivity contribution in [3.05, 3.63) is 167 Å². The summed E-state index contributed by atoms with van der Waals surface area (Å²) in [7, 11) is 0. The van der Waals surface area contributed by atoms with E-state index in [0.717, 1.165) is 0 Å². The third-order valence-corrected chi connectivity index (χ3v) is 11.7. The second-order valence-corrected chi connectivity index (χ2v) is 17.5. The molecule has 6 unspecified atom stereocenters. The van der Waals surface area contributed by atoms with Crippen molar-refractivity contribution < 1.29 is 63.4 Å². The molecule has 6 atom stereocenters. The third-order valence-electron chi connectivity index (χ3n) is 11.2. The van der Waals surface area contributed by atoms with E-state index in [1.807, 2.05) is 0 Å². The van der Waals surface area contributed by atoms with Crippen molar-refractivity contribution in [1.82, 2.24) is 9.97 Å². The summed E-state index contributed by atoms with van der Waals surface area (Å²) in [5, 5.41) is 43.7. The molecule has 0 radical (unpaired) electrons. The Morgan fingerprint density at radius 2 is 1.00 bits per heavy atom. The number of fused-ring (bicyclic) bond motifs is 2. The Labute approximate surface area is 384 Å². The van der Waals surface area contributed by atoms with Crippen LogP contribution in [-0.2, 0) is 51.5 Å². The van der Waals surface area contributed by atoms with Gasteiger partial charge in [-0.1, -0.05) is 75.2 Å². The quantitative estimate of drug-likeness (QED) is 0.0458. The van der Waals surface area contributed by atoms with Crippen LogP contribution in [0.5, 0.6) is 0 Å². The minimum Gasteiger partial charge on any atom is -0.424 e. The molecule has 66 heavy (non-hydrogen) atoms. The van der Waals surface area contributed by atoms with Gasteiger partial charge in [-0.25, -0.2) is 4.79 Å². The summed E-state index contributed by atoms with van der Waals surface area (Å²) in [4.78, 5) is 91.0. The van der Waals surface area contributed by atoms with Crippen LogP contribution >= 0.6 is 23.2 Å². The number of carbonyl (C=O) groups is 1. The molecule has 0 saturated carbocycles. The normalized spacial score (nSPS) is 17.3. The highest BCUT2D eigenvalue weighted by atomic mass is 35.5. The molecule has 0 fully saturated rings. The smallest absolute Gasteiger partial charge is 0.424 e. The largest absolute Gasteiger partial charge is 0.509 e. The first-order valence-electron chi connectivity index (χ1n) is 19.8. The SMILES string of the molecule is Cc1ncc2c(c1C(OC(=O)OC(c1c(C)ncc3c1COC3c1ccc(Cl)cc1)C(O[N+](=O)[O-])C(C)(C)CO[N+](=O)[O-])C(O[N+](=O)[O-])C(C)(C)CO[N+](=O)[O-])COC2c1ccc(Cl)cc1. The second kappa shape index (κ2) is 19.8. The summed E-state index contributed by atoms with van der Waals surface area (Å²) >= 11 is 12.3. The number of halogens is 2. The topological polar surface area (TPSA) is 289 Å². The average molecular weight is 962 g/mol. The van der Waals surface area contributed by atoms with Crippen molar-refractivity contribution in [2.45, 2.75) is 91.4 Å². The van der Waals surface area contributed by atoms with Crippen LogP contribution < -0.4 is 0 Å². The van der Waals surface area contributed by atoms with E-state index in [4.69, 9.17) is 51.8 Å². The number of hydrogen-bond acceptors (Lipinski definition) is 19. The number of benzene rings is 2. The van der Waals surface area contributed by atoms with Crippen molar-refractivity contribution in [2.24, 2.45) is 10.8 Å². The number of pyridine rings is 2. The van der Waals surface area contributed by atoms with Gasteiger partial charge in [-0.15, -0.1) is 40.5 Å². The zero-order chi connectivity index (χ0) is 48.2. The van der Waals surface area contributed by atoms with Gasteiger partial charge in [0.05, 0.1) is 13.2 Å². The zero-order valence-corrected chi connectivity index (χ0v) is 37.5. The first kappa shape index (κ1) is 48.8. The summed E-state index contributed by atoms with van der Waals surface area (Å²) in [5.41, 5.74) is -0.146. The Morgan fingerprint density at radius 1 is 0.652 bits per heavy atom.